The Morgan fingerprint density at radius 3 is 2.88 bits per heavy atom. The smallest absolute Gasteiger partial charge is 0.311 e. The topological polar surface area (TPSA) is 102 Å². The lowest BCUT2D eigenvalue weighted by molar-refractivity contribution is -0.384. The van der Waals surface area contributed by atoms with Gasteiger partial charge in [0, 0.05) is 43.9 Å². The van der Waals surface area contributed by atoms with Crippen molar-refractivity contribution in [1.82, 2.24) is 4.90 Å². The number of carbonyl (C=O) groups is 2. The number of non-ortho nitro benzene ring substituents is 1. The molecule has 130 valence electrons. The summed E-state index contributed by atoms with van der Waals surface area (Å²) >= 11 is 0. The molecule has 1 saturated heterocycles. The summed E-state index contributed by atoms with van der Waals surface area (Å²) in [7, 11) is 0. The minimum Gasteiger partial charge on any atom is -0.466 e. The molecule has 0 saturated carbocycles. The zero-order chi connectivity index (χ0) is 17.7. The number of hydrogen-bond donors (Lipinski definition) is 1. The average molecular weight is 335 g/mol. The minimum atomic E-state index is -0.435. The summed E-state index contributed by atoms with van der Waals surface area (Å²) in [5, 5.41) is 13.9. The number of nitro groups is 1. The van der Waals surface area contributed by atoms with Gasteiger partial charge in [0.2, 0.25) is 5.91 Å². The van der Waals surface area contributed by atoms with Crippen molar-refractivity contribution >= 4 is 23.3 Å². The molecule has 1 heterocycles. The van der Waals surface area contributed by atoms with E-state index in [0.29, 0.717) is 26.2 Å². The third kappa shape index (κ3) is 4.21. The van der Waals surface area contributed by atoms with Crippen molar-refractivity contribution in [2.75, 3.05) is 31.6 Å². The van der Waals surface area contributed by atoms with E-state index in [2.05, 4.69) is 5.32 Å². The summed E-state index contributed by atoms with van der Waals surface area (Å²) in [6, 6.07) is 4.59. The van der Waals surface area contributed by atoms with Crippen LogP contribution >= 0.6 is 0 Å². The number of hydrogen-bond acceptors (Lipinski definition) is 6. The van der Waals surface area contributed by atoms with Gasteiger partial charge in [0.25, 0.3) is 5.69 Å². The molecule has 2 rings (SSSR count). The number of nitrogens with zero attached hydrogens (tertiary/aromatic N) is 2. The summed E-state index contributed by atoms with van der Waals surface area (Å²) in [5.41, 5.74) is 1.60. The zero-order valence-corrected chi connectivity index (χ0v) is 13.8. The van der Waals surface area contributed by atoms with Gasteiger partial charge in [-0.2, -0.15) is 0 Å². The number of amides is 1. The summed E-state index contributed by atoms with van der Waals surface area (Å²) in [6.07, 6.45) is 0.190. The van der Waals surface area contributed by atoms with Gasteiger partial charge in [-0.1, -0.05) is 0 Å². The molecular formula is C16H21N3O5. The number of nitrogens with one attached hydrogen (secondary N) is 1. The van der Waals surface area contributed by atoms with Gasteiger partial charge in [0.05, 0.1) is 17.4 Å². The van der Waals surface area contributed by atoms with Crippen molar-refractivity contribution in [3.63, 3.8) is 0 Å². The molecule has 0 aromatic heterocycles. The number of likely N-dealkylation sites (tertiary alicyclic amines) is 1. The first-order valence-corrected chi connectivity index (χ1v) is 7.85. The quantitative estimate of drug-likeness (QED) is 0.462. The van der Waals surface area contributed by atoms with Gasteiger partial charge in [0.1, 0.15) is 0 Å². The molecule has 1 fully saturated rings. The van der Waals surface area contributed by atoms with Gasteiger partial charge < -0.3 is 15.0 Å². The second-order valence-corrected chi connectivity index (χ2v) is 5.68. The molecule has 1 unspecified atom stereocenters. The Hall–Kier alpha value is -2.64. The molecule has 1 aromatic rings. The lowest BCUT2D eigenvalue weighted by Crippen LogP contribution is -2.31. The third-order valence-electron chi connectivity index (χ3n) is 3.95. The number of anilines is 1. The van der Waals surface area contributed by atoms with Crippen LogP contribution in [0.5, 0.6) is 0 Å². The molecule has 8 heteroatoms. The SMILES string of the molecule is CCOC(=O)C1CC(=O)N(CCNc2ccc([N+](=O)[O-])cc2C)C1. The van der Waals surface area contributed by atoms with Crippen LogP contribution < -0.4 is 5.32 Å². The molecular weight excluding hydrogens is 314 g/mol. The summed E-state index contributed by atoms with van der Waals surface area (Å²) in [4.78, 5) is 35.6. The van der Waals surface area contributed by atoms with E-state index < -0.39 is 10.8 Å². The lowest BCUT2D eigenvalue weighted by atomic mass is 10.1. The molecule has 0 radical (unpaired) electrons. The van der Waals surface area contributed by atoms with Crippen LogP contribution in [0, 0.1) is 23.0 Å². The molecule has 1 atom stereocenters. The standard InChI is InChI=1S/C16H21N3O5/c1-3-24-16(21)12-9-15(20)18(10-12)7-6-17-14-5-4-13(19(22)23)8-11(14)2/h4-5,8,12,17H,3,6-7,9-10H2,1-2H3. The maximum absolute atomic E-state index is 11.9. The van der Waals surface area contributed by atoms with Gasteiger partial charge >= 0.3 is 5.97 Å². The number of ether oxygens (including phenoxy) is 1. The fourth-order valence-electron chi connectivity index (χ4n) is 2.69. The van der Waals surface area contributed by atoms with Crippen LogP contribution in [0.3, 0.4) is 0 Å². The predicted molar refractivity (Wildman–Crippen MR) is 87.6 cm³/mol. The average Bonchev–Trinajstić information content (AvgIpc) is 2.90. The normalized spacial score (nSPS) is 17.0. The van der Waals surface area contributed by atoms with Crippen molar-refractivity contribution < 1.29 is 19.2 Å². The first kappa shape index (κ1) is 17.7. The highest BCUT2D eigenvalue weighted by Gasteiger charge is 2.34. The van der Waals surface area contributed by atoms with E-state index in [1.54, 1.807) is 24.8 Å². The maximum Gasteiger partial charge on any atom is 0.311 e. The Balaban J connectivity index is 1.85. The van der Waals surface area contributed by atoms with Gasteiger partial charge in [-0.3, -0.25) is 19.7 Å². The molecule has 24 heavy (non-hydrogen) atoms. The van der Waals surface area contributed by atoms with E-state index in [1.807, 2.05) is 0 Å². The van der Waals surface area contributed by atoms with Crippen molar-refractivity contribution in [2.45, 2.75) is 20.3 Å². The van der Waals surface area contributed by atoms with Crippen LogP contribution in [0.1, 0.15) is 18.9 Å². The summed E-state index contributed by atoms with van der Waals surface area (Å²) in [5.74, 6) is -0.777. The van der Waals surface area contributed by atoms with Crippen LogP contribution in [-0.4, -0.2) is 47.9 Å². The fraction of sp³-hybridized carbons (Fsp3) is 0.500. The molecule has 0 bridgehead atoms. The van der Waals surface area contributed by atoms with Crippen LogP contribution in [0.2, 0.25) is 0 Å². The van der Waals surface area contributed by atoms with Gasteiger partial charge in [0.15, 0.2) is 0 Å². The van der Waals surface area contributed by atoms with Gasteiger partial charge in [-0.05, 0) is 25.5 Å². The van der Waals surface area contributed by atoms with Gasteiger partial charge in [-0.15, -0.1) is 0 Å². The Morgan fingerprint density at radius 1 is 1.50 bits per heavy atom. The summed E-state index contributed by atoms with van der Waals surface area (Å²) < 4.78 is 4.95. The molecule has 1 N–H and O–H groups in total. The molecule has 1 aliphatic heterocycles. The molecule has 1 aromatic carbocycles. The number of rotatable bonds is 7. The largest absolute Gasteiger partial charge is 0.466 e. The number of nitro benzene ring substituents is 1. The van der Waals surface area contributed by atoms with E-state index in [4.69, 9.17) is 4.74 Å². The Bertz CT molecular complexity index is 647. The second-order valence-electron chi connectivity index (χ2n) is 5.68. The lowest BCUT2D eigenvalue weighted by Gasteiger charge is -2.17. The van der Waals surface area contributed by atoms with E-state index in [1.165, 1.54) is 12.1 Å². The molecule has 1 amide bonds. The number of benzene rings is 1. The first-order valence-electron chi connectivity index (χ1n) is 7.85. The van der Waals surface area contributed by atoms with Crippen molar-refractivity contribution in [2.24, 2.45) is 5.92 Å². The second kappa shape index (κ2) is 7.76. The Labute approximate surface area is 139 Å². The predicted octanol–water partition coefficient (Wildman–Crippen LogP) is 1.73. The fourth-order valence-corrected chi connectivity index (χ4v) is 2.69. The van der Waals surface area contributed by atoms with E-state index in [0.717, 1.165) is 11.3 Å². The highest BCUT2D eigenvalue weighted by atomic mass is 16.6. The van der Waals surface area contributed by atoms with Crippen molar-refractivity contribution in [3.05, 3.63) is 33.9 Å². The number of carbonyl (C=O) groups excluding carboxylic acids is 2. The van der Waals surface area contributed by atoms with Crippen LogP contribution in [0.25, 0.3) is 0 Å². The molecule has 1 aliphatic rings. The van der Waals surface area contributed by atoms with Crippen LogP contribution in [-0.2, 0) is 14.3 Å². The van der Waals surface area contributed by atoms with Crippen LogP contribution in [0.15, 0.2) is 18.2 Å². The van der Waals surface area contributed by atoms with E-state index in [9.17, 15) is 19.7 Å². The van der Waals surface area contributed by atoms with Crippen LogP contribution in [0.4, 0.5) is 11.4 Å². The van der Waals surface area contributed by atoms with E-state index in [-0.39, 0.29) is 24.0 Å². The molecule has 0 spiro atoms. The first-order chi connectivity index (χ1) is 11.4. The molecule has 0 aliphatic carbocycles. The maximum atomic E-state index is 11.9. The van der Waals surface area contributed by atoms with Crippen molar-refractivity contribution in [1.29, 1.82) is 0 Å². The zero-order valence-electron chi connectivity index (χ0n) is 13.8. The highest BCUT2D eigenvalue weighted by Crippen LogP contribution is 2.22. The summed E-state index contributed by atoms with van der Waals surface area (Å²) in [6.45, 7) is 5.17. The number of esters is 1. The van der Waals surface area contributed by atoms with E-state index >= 15 is 0 Å². The van der Waals surface area contributed by atoms with Gasteiger partial charge in [-0.25, -0.2) is 0 Å². The third-order valence-corrected chi connectivity index (χ3v) is 3.95. The number of aryl methyl sites for hydroxylation is 1. The molecule has 8 nitrogen and oxygen atoms in total. The van der Waals surface area contributed by atoms with Crippen molar-refractivity contribution in [3.8, 4) is 0 Å². The highest BCUT2D eigenvalue weighted by molar-refractivity contribution is 5.86. The Morgan fingerprint density at radius 2 is 2.25 bits per heavy atom. The Kier molecular flexibility index (Phi) is 5.73. The minimum absolute atomic E-state index is 0.0463. The monoisotopic (exact) mass is 335 g/mol.